The van der Waals surface area contributed by atoms with Crippen molar-refractivity contribution in [2.24, 2.45) is 16.5 Å². The predicted molar refractivity (Wildman–Crippen MR) is 162 cm³/mol. The lowest BCUT2D eigenvalue weighted by molar-refractivity contribution is 1.22. The van der Waals surface area contributed by atoms with E-state index in [2.05, 4.69) is 64.2 Å². The highest BCUT2D eigenvalue weighted by molar-refractivity contribution is 6.22. The topological polar surface area (TPSA) is 93.2 Å². The van der Waals surface area contributed by atoms with Crippen molar-refractivity contribution in [2.75, 3.05) is 0 Å². The van der Waals surface area contributed by atoms with Crippen LogP contribution in [0.15, 0.2) is 126 Å². The first-order chi connectivity index (χ1) is 18.6. The third kappa shape index (κ3) is 3.82. The summed E-state index contributed by atoms with van der Waals surface area (Å²) in [5.74, 6) is 0.391. The lowest BCUT2D eigenvalue weighted by Gasteiger charge is -2.11. The molecular formula is C33H27N5. The van der Waals surface area contributed by atoms with Gasteiger partial charge >= 0.3 is 0 Å². The van der Waals surface area contributed by atoms with Crippen LogP contribution in [0.5, 0.6) is 0 Å². The number of nitrogens with one attached hydrogen (secondary N) is 1. The van der Waals surface area contributed by atoms with Gasteiger partial charge in [-0.3, -0.25) is 5.41 Å². The van der Waals surface area contributed by atoms with Crippen molar-refractivity contribution in [1.82, 2.24) is 4.57 Å². The van der Waals surface area contributed by atoms with Gasteiger partial charge in [0.1, 0.15) is 11.7 Å². The summed E-state index contributed by atoms with van der Waals surface area (Å²) in [6.07, 6.45) is 3.47. The van der Waals surface area contributed by atoms with E-state index in [0.29, 0.717) is 11.4 Å². The number of rotatable bonds is 4. The number of aliphatic imine (C=N–C) groups is 1. The Labute approximate surface area is 220 Å². The molecule has 6 rings (SSSR count). The van der Waals surface area contributed by atoms with E-state index in [4.69, 9.17) is 16.9 Å². The molecule has 5 nitrogen and oxygen atoms in total. The normalized spacial score (nSPS) is 13.1. The molecule has 5 N–H and O–H groups in total. The molecule has 0 aliphatic rings. The molecule has 0 saturated carbocycles. The number of amidine groups is 2. The second-order valence-corrected chi connectivity index (χ2v) is 9.32. The van der Waals surface area contributed by atoms with E-state index in [1.54, 1.807) is 6.20 Å². The number of para-hydroxylation sites is 1. The maximum Gasteiger partial charge on any atom is 0.149 e. The number of benzene rings is 5. The van der Waals surface area contributed by atoms with Crippen LogP contribution >= 0.6 is 0 Å². The number of fused-ring (bicyclic) bond motifs is 6. The second-order valence-electron chi connectivity index (χ2n) is 9.32. The summed E-state index contributed by atoms with van der Waals surface area (Å²) in [6.45, 7) is 1.86. The zero-order valence-corrected chi connectivity index (χ0v) is 21.0. The highest BCUT2D eigenvalue weighted by Crippen LogP contribution is 2.36. The molecule has 0 saturated heterocycles. The molecule has 0 aliphatic carbocycles. The molecule has 38 heavy (non-hydrogen) atoms. The van der Waals surface area contributed by atoms with Crippen LogP contribution in [-0.2, 0) is 0 Å². The zero-order chi connectivity index (χ0) is 26.2. The average Bonchev–Trinajstić information content (AvgIpc) is 3.30. The van der Waals surface area contributed by atoms with E-state index in [0.717, 1.165) is 38.5 Å². The third-order valence-corrected chi connectivity index (χ3v) is 7.03. The van der Waals surface area contributed by atoms with E-state index >= 15 is 0 Å². The van der Waals surface area contributed by atoms with Crippen LogP contribution in [0.4, 0.5) is 0 Å². The van der Waals surface area contributed by atoms with Crippen LogP contribution in [0.1, 0.15) is 12.5 Å². The van der Waals surface area contributed by atoms with Gasteiger partial charge in [-0.15, -0.1) is 0 Å². The zero-order valence-electron chi connectivity index (χ0n) is 21.0. The molecule has 5 heteroatoms. The maximum absolute atomic E-state index is 8.70. The molecule has 0 unspecified atom stereocenters. The van der Waals surface area contributed by atoms with Crippen molar-refractivity contribution in [3.8, 4) is 0 Å². The minimum atomic E-state index is 0.0843. The maximum atomic E-state index is 8.70. The Kier molecular flexibility index (Phi) is 5.74. The van der Waals surface area contributed by atoms with Gasteiger partial charge in [0.05, 0.1) is 16.7 Å². The molecule has 0 fully saturated rings. The van der Waals surface area contributed by atoms with Crippen LogP contribution in [0, 0.1) is 5.41 Å². The van der Waals surface area contributed by atoms with Crippen molar-refractivity contribution >= 4 is 60.7 Å². The Balaban J connectivity index is 1.45. The molecule has 184 valence electrons. The lowest BCUT2D eigenvalue weighted by Crippen LogP contribution is -2.16. The largest absolute Gasteiger partial charge is 0.403 e. The quantitative estimate of drug-likeness (QED) is 0.138. The summed E-state index contributed by atoms with van der Waals surface area (Å²) in [4.78, 5) is 4.46. The SMILES string of the molecule is C/C(=C\C(=C/N)n1c2ccccc2c2c3ccccc3ccc21)C(=N)N=C(N)c1cccc2ccccc12. The number of nitrogens with two attached hydrogens (primary N) is 2. The fraction of sp³-hybridized carbons (Fsp3) is 0.0303. The molecular weight excluding hydrogens is 466 g/mol. The Morgan fingerprint density at radius 2 is 1.37 bits per heavy atom. The van der Waals surface area contributed by atoms with Crippen molar-refractivity contribution in [1.29, 1.82) is 5.41 Å². The Morgan fingerprint density at radius 1 is 0.737 bits per heavy atom. The Morgan fingerprint density at radius 3 is 2.13 bits per heavy atom. The van der Waals surface area contributed by atoms with Crippen molar-refractivity contribution in [3.63, 3.8) is 0 Å². The molecule has 5 aromatic carbocycles. The third-order valence-electron chi connectivity index (χ3n) is 7.03. The molecule has 0 amide bonds. The van der Waals surface area contributed by atoms with Crippen molar-refractivity contribution < 1.29 is 0 Å². The van der Waals surface area contributed by atoms with Gasteiger partial charge in [-0.25, -0.2) is 4.99 Å². The average molecular weight is 494 g/mol. The van der Waals surface area contributed by atoms with Crippen LogP contribution in [0.25, 0.3) is 49.0 Å². The molecule has 0 atom stereocenters. The van der Waals surface area contributed by atoms with Gasteiger partial charge in [-0.1, -0.05) is 91.0 Å². The van der Waals surface area contributed by atoms with E-state index < -0.39 is 0 Å². The van der Waals surface area contributed by atoms with E-state index in [9.17, 15) is 0 Å². The summed E-state index contributed by atoms with van der Waals surface area (Å²) < 4.78 is 2.14. The van der Waals surface area contributed by atoms with Gasteiger partial charge in [-0.2, -0.15) is 0 Å². The smallest absolute Gasteiger partial charge is 0.149 e. The standard InChI is InChI=1S/C33H27N5/c1-21(32(35)37-33(36)27-15-8-11-22-9-2-4-12-25(22)27)19-24(20-34)38-29-16-7-6-14-28(29)31-26-13-5-3-10-23(26)17-18-30(31)38/h2-20H,34H2,1H3,(H3,35,36,37)/b21-19+,24-20+. The lowest BCUT2D eigenvalue weighted by atomic mass is 10.0. The van der Waals surface area contributed by atoms with E-state index in [1.807, 2.05) is 61.5 Å². The fourth-order valence-electron chi connectivity index (χ4n) is 5.21. The molecule has 0 aliphatic heterocycles. The molecule has 0 radical (unpaired) electrons. The van der Waals surface area contributed by atoms with Gasteiger partial charge in [0.25, 0.3) is 0 Å². The summed E-state index contributed by atoms with van der Waals surface area (Å²) in [5, 5.41) is 15.5. The number of hydrogen-bond donors (Lipinski definition) is 3. The van der Waals surface area contributed by atoms with Crippen LogP contribution in [0.3, 0.4) is 0 Å². The fourth-order valence-corrected chi connectivity index (χ4v) is 5.21. The van der Waals surface area contributed by atoms with Gasteiger partial charge in [0.15, 0.2) is 0 Å². The Bertz CT molecular complexity index is 1970. The molecule has 1 heterocycles. The number of hydrogen-bond acceptors (Lipinski definition) is 2. The second kappa shape index (κ2) is 9.37. The summed E-state index contributed by atoms with van der Waals surface area (Å²) in [5.41, 5.74) is 16.9. The summed E-state index contributed by atoms with van der Waals surface area (Å²) in [7, 11) is 0. The Hall–Kier alpha value is -5.16. The molecule has 6 aromatic rings. The van der Waals surface area contributed by atoms with Gasteiger partial charge < -0.3 is 16.0 Å². The number of aromatic nitrogens is 1. The molecule has 1 aromatic heterocycles. The van der Waals surface area contributed by atoms with Gasteiger partial charge in [-0.05, 0) is 52.3 Å². The highest BCUT2D eigenvalue weighted by atomic mass is 15.0. The summed E-state index contributed by atoms with van der Waals surface area (Å²) >= 11 is 0. The first-order valence-corrected chi connectivity index (χ1v) is 12.5. The van der Waals surface area contributed by atoms with Crippen LogP contribution in [0.2, 0.25) is 0 Å². The van der Waals surface area contributed by atoms with E-state index in [1.165, 1.54) is 16.2 Å². The number of allylic oxidation sites excluding steroid dienone is 2. The monoisotopic (exact) mass is 493 g/mol. The summed E-state index contributed by atoms with van der Waals surface area (Å²) in [6, 6.07) is 34.9. The number of nitrogens with zero attached hydrogens (tertiary/aromatic N) is 2. The van der Waals surface area contributed by atoms with Crippen molar-refractivity contribution in [3.05, 3.63) is 127 Å². The molecule has 0 bridgehead atoms. The highest BCUT2D eigenvalue weighted by Gasteiger charge is 2.15. The molecule has 0 spiro atoms. The van der Waals surface area contributed by atoms with Gasteiger partial charge in [0, 0.05) is 22.5 Å². The first kappa shape index (κ1) is 23.3. The van der Waals surface area contributed by atoms with Crippen LogP contribution < -0.4 is 11.5 Å². The minimum absolute atomic E-state index is 0.0843. The predicted octanol–water partition coefficient (Wildman–Crippen LogP) is 7.19. The van der Waals surface area contributed by atoms with E-state index in [-0.39, 0.29) is 5.84 Å². The van der Waals surface area contributed by atoms with Crippen molar-refractivity contribution in [2.45, 2.75) is 6.92 Å². The van der Waals surface area contributed by atoms with Gasteiger partial charge in [0.2, 0.25) is 0 Å². The minimum Gasteiger partial charge on any atom is -0.403 e. The first-order valence-electron chi connectivity index (χ1n) is 12.5. The van der Waals surface area contributed by atoms with Crippen LogP contribution in [-0.4, -0.2) is 16.2 Å².